The zero-order chi connectivity index (χ0) is 27.7. The standard InChI is InChI=1S/C31H45N3O4S/c1-34(27(22-37)7-5-12-35)20-28-26(21-36)6-4-8-29(28)39-13-11-33-30(38)32-10-3-2-9-31-17-23-14-24(18-31)16-25(15-23)19-31/h4,6,8,12,21-25,27H,2-3,5,7,9-11,13-20H2,1H3,(H2,32,33,38). The van der Waals surface area contributed by atoms with E-state index in [9.17, 15) is 19.2 Å². The number of nitrogens with zero attached hydrogens (tertiary/aromatic N) is 1. The average Bonchev–Trinajstić information content (AvgIpc) is 2.91. The van der Waals surface area contributed by atoms with E-state index in [4.69, 9.17) is 0 Å². The van der Waals surface area contributed by atoms with E-state index in [0.717, 1.165) is 53.5 Å². The van der Waals surface area contributed by atoms with E-state index < -0.39 is 0 Å². The molecule has 4 aliphatic carbocycles. The number of hydrogen-bond acceptors (Lipinski definition) is 6. The van der Waals surface area contributed by atoms with Gasteiger partial charge in [-0.25, -0.2) is 4.79 Å². The molecule has 0 heterocycles. The number of benzene rings is 1. The van der Waals surface area contributed by atoms with Gasteiger partial charge in [-0.05, 0) is 99.6 Å². The number of carbonyl (C=O) groups is 4. The monoisotopic (exact) mass is 555 g/mol. The second-order valence-corrected chi connectivity index (χ2v) is 13.3. The molecule has 39 heavy (non-hydrogen) atoms. The first kappa shape index (κ1) is 29.8. The first-order valence-corrected chi connectivity index (χ1v) is 15.7. The molecule has 0 aliphatic heterocycles. The lowest BCUT2D eigenvalue weighted by Gasteiger charge is -2.57. The molecule has 0 saturated heterocycles. The van der Waals surface area contributed by atoms with E-state index in [-0.39, 0.29) is 12.1 Å². The topological polar surface area (TPSA) is 95.6 Å². The second kappa shape index (κ2) is 14.4. The smallest absolute Gasteiger partial charge is 0.314 e. The zero-order valence-corrected chi connectivity index (χ0v) is 24.2. The molecule has 4 aliphatic rings. The van der Waals surface area contributed by atoms with Crippen molar-refractivity contribution in [3.05, 3.63) is 29.3 Å². The Balaban J connectivity index is 1.14. The highest BCUT2D eigenvalue weighted by Gasteiger charge is 2.50. The third kappa shape index (κ3) is 8.16. The van der Waals surface area contributed by atoms with E-state index in [0.29, 0.717) is 49.2 Å². The summed E-state index contributed by atoms with van der Waals surface area (Å²) in [7, 11) is 1.83. The summed E-state index contributed by atoms with van der Waals surface area (Å²) in [4.78, 5) is 49.1. The van der Waals surface area contributed by atoms with Crippen LogP contribution in [-0.4, -0.2) is 61.7 Å². The van der Waals surface area contributed by atoms with Gasteiger partial charge >= 0.3 is 6.03 Å². The molecular formula is C31H45N3O4S. The lowest BCUT2D eigenvalue weighted by Crippen LogP contribution is -2.46. The molecule has 1 aromatic carbocycles. The average molecular weight is 556 g/mol. The number of likely N-dealkylation sites (N-methyl/N-ethyl adjacent to an activating group) is 1. The number of amides is 2. The summed E-state index contributed by atoms with van der Waals surface area (Å²) in [6.07, 6.45) is 15.7. The van der Waals surface area contributed by atoms with Gasteiger partial charge in [0.25, 0.3) is 0 Å². The van der Waals surface area contributed by atoms with Crippen molar-refractivity contribution in [1.82, 2.24) is 15.5 Å². The van der Waals surface area contributed by atoms with Crippen LogP contribution >= 0.6 is 11.8 Å². The quantitative estimate of drug-likeness (QED) is 0.155. The Bertz CT molecular complexity index is 965. The van der Waals surface area contributed by atoms with Gasteiger partial charge in [-0.2, -0.15) is 0 Å². The maximum atomic E-state index is 12.3. The lowest BCUT2D eigenvalue weighted by molar-refractivity contribution is -0.113. The van der Waals surface area contributed by atoms with Gasteiger partial charge in [-0.1, -0.05) is 18.6 Å². The number of hydrogen-bond donors (Lipinski definition) is 2. The summed E-state index contributed by atoms with van der Waals surface area (Å²) < 4.78 is 0. The fourth-order valence-electron chi connectivity index (χ4n) is 7.81. The Morgan fingerprint density at radius 1 is 1.05 bits per heavy atom. The van der Waals surface area contributed by atoms with Gasteiger partial charge in [-0.3, -0.25) is 9.69 Å². The number of thioether (sulfide) groups is 1. The molecule has 0 radical (unpaired) electrons. The minimum atomic E-state index is -0.384. The normalized spacial score (nSPS) is 25.8. The molecule has 4 fully saturated rings. The minimum Gasteiger partial charge on any atom is -0.338 e. The van der Waals surface area contributed by atoms with Gasteiger partial charge in [0.15, 0.2) is 0 Å². The summed E-state index contributed by atoms with van der Waals surface area (Å²) in [5.74, 6) is 3.66. The van der Waals surface area contributed by atoms with Gasteiger partial charge in [0.2, 0.25) is 0 Å². The summed E-state index contributed by atoms with van der Waals surface area (Å²) in [6, 6.07) is 5.08. The summed E-state index contributed by atoms with van der Waals surface area (Å²) in [5, 5.41) is 5.96. The van der Waals surface area contributed by atoms with E-state index >= 15 is 0 Å². The molecule has 0 aromatic heterocycles. The molecule has 214 valence electrons. The summed E-state index contributed by atoms with van der Waals surface area (Å²) in [5.41, 5.74) is 2.07. The molecular weight excluding hydrogens is 510 g/mol. The largest absolute Gasteiger partial charge is 0.338 e. The Morgan fingerprint density at radius 3 is 2.38 bits per heavy atom. The molecule has 1 atom stereocenters. The SMILES string of the molecule is CN(Cc1c(C=O)cccc1SCCNC(=O)NCCCCC12CC3CC(CC(C3)C1)C2)C(C=O)CCC=O. The number of urea groups is 1. The molecule has 2 N–H and O–H groups in total. The second-order valence-electron chi connectivity index (χ2n) is 12.2. The van der Waals surface area contributed by atoms with Crippen molar-refractivity contribution in [2.45, 2.75) is 88.1 Å². The number of nitrogens with one attached hydrogen (secondary N) is 2. The van der Waals surface area contributed by atoms with Gasteiger partial charge in [0, 0.05) is 42.3 Å². The highest BCUT2D eigenvalue weighted by atomic mass is 32.2. The van der Waals surface area contributed by atoms with Crippen molar-refractivity contribution < 1.29 is 19.2 Å². The Labute approximate surface area is 237 Å². The number of carbonyl (C=O) groups excluding carboxylic acids is 4. The van der Waals surface area contributed by atoms with Crippen molar-refractivity contribution in [3.63, 3.8) is 0 Å². The van der Waals surface area contributed by atoms with Gasteiger partial charge in [0.1, 0.15) is 18.9 Å². The van der Waals surface area contributed by atoms with Crippen LogP contribution in [0.1, 0.15) is 86.6 Å². The maximum absolute atomic E-state index is 12.3. The molecule has 2 amide bonds. The van der Waals surface area contributed by atoms with E-state index in [1.54, 1.807) is 17.8 Å². The Kier molecular flexibility index (Phi) is 11.0. The highest BCUT2D eigenvalue weighted by molar-refractivity contribution is 7.99. The fourth-order valence-corrected chi connectivity index (χ4v) is 8.76. The van der Waals surface area contributed by atoms with Crippen LogP contribution < -0.4 is 10.6 Å². The van der Waals surface area contributed by atoms with Crippen LogP contribution in [0.25, 0.3) is 0 Å². The van der Waals surface area contributed by atoms with Gasteiger partial charge < -0.3 is 20.2 Å². The van der Waals surface area contributed by atoms with Crippen LogP contribution in [0.3, 0.4) is 0 Å². The maximum Gasteiger partial charge on any atom is 0.314 e. The van der Waals surface area contributed by atoms with Crippen molar-refractivity contribution in [3.8, 4) is 0 Å². The molecule has 1 aromatic rings. The predicted molar refractivity (Wildman–Crippen MR) is 155 cm³/mol. The van der Waals surface area contributed by atoms with Crippen molar-refractivity contribution in [1.29, 1.82) is 0 Å². The Morgan fingerprint density at radius 2 is 1.74 bits per heavy atom. The zero-order valence-electron chi connectivity index (χ0n) is 23.4. The van der Waals surface area contributed by atoms with Crippen LogP contribution in [0.15, 0.2) is 23.1 Å². The molecule has 4 bridgehead atoms. The summed E-state index contributed by atoms with van der Waals surface area (Å²) >= 11 is 1.58. The van der Waals surface area contributed by atoms with Crippen molar-refractivity contribution in [2.75, 3.05) is 25.9 Å². The van der Waals surface area contributed by atoms with Crippen LogP contribution in [0.4, 0.5) is 4.79 Å². The number of rotatable bonds is 17. The molecule has 7 nitrogen and oxygen atoms in total. The molecule has 1 unspecified atom stereocenters. The van der Waals surface area contributed by atoms with Crippen LogP contribution in [0, 0.1) is 23.2 Å². The van der Waals surface area contributed by atoms with Gasteiger partial charge in [-0.15, -0.1) is 11.8 Å². The molecule has 5 rings (SSSR count). The van der Waals surface area contributed by atoms with Crippen molar-refractivity contribution >= 4 is 36.7 Å². The Hall–Kier alpha value is -2.19. The third-order valence-electron chi connectivity index (χ3n) is 9.24. The number of aldehydes is 3. The van der Waals surface area contributed by atoms with E-state index in [1.165, 1.54) is 51.4 Å². The predicted octanol–water partition coefficient (Wildman–Crippen LogP) is 5.26. The fraction of sp³-hybridized carbons (Fsp3) is 0.677. The molecule has 8 heteroatoms. The van der Waals surface area contributed by atoms with Crippen LogP contribution in [0.5, 0.6) is 0 Å². The molecule has 4 saturated carbocycles. The van der Waals surface area contributed by atoms with Crippen molar-refractivity contribution in [2.24, 2.45) is 23.2 Å². The summed E-state index contributed by atoms with van der Waals surface area (Å²) in [6.45, 7) is 1.66. The van der Waals surface area contributed by atoms with E-state index in [1.807, 2.05) is 24.1 Å². The highest BCUT2D eigenvalue weighted by Crippen LogP contribution is 2.61. The van der Waals surface area contributed by atoms with Crippen LogP contribution in [0.2, 0.25) is 0 Å². The van der Waals surface area contributed by atoms with E-state index in [2.05, 4.69) is 10.6 Å². The third-order valence-corrected chi connectivity index (χ3v) is 10.3. The van der Waals surface area contributed by atoms with Crippen LogP contribution in [-0.2, 0) is 16.1 Å². The van der Waals surface area contributed by atoms with Gasteiger partial charge in [0.05, 0.1) is 6.04 Å². The lowest BCUT2D eigenvalue weighted by atomic mass is 9.48. The number of unbranched alkanes of at least 4 members (excludes halogenated alkanes) is 1. The first-order valence-electron chi connectivity index (χ1n) is 14.8. The molecule has 0 spiro atoms. The minimum absolute atomic E-state index is 0.129. The first-order chi connectivity index (χ1) is 18.9.